The summed E-state index contributed by atoms with van der Waals surface area (Å²) in [5, 5.41) is 0. The average Bonchev–Trinajstić information content (AvgIpc) is 1.88. The van der Waals surface area contributed by atoms with Gasteiger partial charge in [-0.25, -0.2) is 0 Å². The van der Waals surface area contributed by atoms with Crippen molar-refractivity contribution in [2.75, 3.05) is 0 Å². The van der Waals surface area contributed by atoms with Gasteiger partial charge in [0.15, 0.2) is 0 Å². The van der Waals surface area contributed by atoms with Crippen LogP contribution in [0.3, 0.4) is 0 Å². The van der Waals surface area contributed by atoms with Gasteiger partial charge in [0, 0.05) is 6.55 Å². The fourth-order valence-electron chi connectivity index (χ4n) is 0.384. The third-order valence-electron chi connectivity index (χ3n) is 0.733. The molecule has 0 saturated heterocycles. The molecule has 0 atom stereocenters. The number of rotatable bonds is 3. The molecule has 0 spiro atoms. The van der Waals surface area contributed by atoms with Crippen molar-refractivity contribution in [3.05, 3.63) is 0 Å². The van der Waals surface area contributed by atoms with E-state index in [9.17, 15) is 0 Å². The van der Waals surface area contributed by atoms with Crippen LogP contribution in [0.25, 0.3) is 0 Å². The molecule has 0 aliphatic rings. The molecular formula is C4H6O3Si4. The van der Waals surface area contributed by atoms with Crippen LogP contribution >= 0.6 is 0 Å². The van der Waals surface area contributed by atoms with E-state index in [-0.39, 0.29) is 27.6 Å². The number of hydrogen-bond acceptors (Lipinski definition) is 3. The van der Waals surface area contributed by atoms with Gasteiger partial charge in [0.2, 0.25) is 27.6 Å². The van der Waals surface area contributed by atoms with Gasteiger partial charge in [-0.1, -0.05) is 0 Å². The number of hydrogen-bond donors (Lipinski definition) is 0. The highest BCUT2D eigenvalue weighted by atomic mass is 28.5. The van der Waals surface area contributed by atoms with Crippen LogP contribution in [0, 0.1) is 18.0 Å². The molecule has 0 unspecified atom stereocenters. The molecule has 0 N–H and O–H groups in total. The van der Waals surface area contributed by atoms with Gasteiger partial charge in [-0.3, -0.25) is 0 Å². The van der Waals surface area contributed by atoms with Crippen LogP contribution in [-0.4, -0.2) is 36.4 Å². The molecule has 0 rings (SSSR count). The highest BCUT2D eigenvalue weighted by Gasteiger charge is 2.38. The summed E-state index contributed by atoms with van der Waals surface area (Å²) < 4.78 is 15.2. The quantitative estimate of drug-likeness (QED) is 0.578. The Morgan fingerprint density at radius 1 is 0.909 bits per heavy atom. The topological polar surface area (TPSA) is 27.7 Å². The lowest BCUT2D eigenvalue weighted by Crippen LogP contribution is -2.41. The van der Waals surface area contributed by atoms with E-state index in [1.807, 2.05) is 0 Å². The van der Waals surface area contributed by atoms with Gasteiger partial charge in [-0.2, -0.15) is 0 Å². The molecule has 0 heterocycles. The Bertz CT molecular complexity index is 203. The minimum atomic E-state index is -2.59. The summed E-state index contributed by atoms with van der Waals surface area (Å²) in [6.45, 7) is 1.70. The van der Waals surface area contributed by atoms with Crippen LogP contribution in [0.15, 0.2) is 0 Å². The molecular weight excluding hydrogens is 208 g/mol. The summed E-state index contributed by atoms with van der Waals surface area (Å²) in [6, 6.07) is 15.5. The Morgan fingerprint density at radius 3 is 1.36 bits per heavy atom. The van der Waals surface area contributed by atoms with E-state index in [1.54, 1.807) is 6.55 Å². The average molecular weight is 214 g/mol. The highest BCUT2D eigenvalue weighted by Crippen LogP contribution is 2.02. The summed E-state index contributed by atoms with van der Waals surface area (Å²) in [7, 11) is -3.07. The molecule has 0 radical (unpaired) electrons. The van der Waals surface area contributed by atoms with Crippen molar-refractivity contribution in [2.24, 2.45) is 0 Å². The summed E-state index contributed by atoms with van der Waals surface area (Å²) in [5.41, 5.74) is 0. The van der Waals surface area contributed by atoms with E-state index in [4.69, 9.17) is 30.3 Å². The maximum Gasteiger partial charge on any atom is 0.680 e. The minimum Gasteiger partial charge on any atom is -0.499 e. The molecule has 11 heavy (non-hydrogen) atoms. The molecule has 56 valence electrons. The van der Waals surface area contributed by atoms with Crippen LogP contribution in [0.2, 0.25) is 6.55 Å². The van der Waals surface area contributed by atoms with Gasteiger partial charge < -0.3 is 12.3 Å². The molecule has 0 saturated carbocycles. The van der Waals surface area contributed by atoms with Crippen molar-refractivity contribution < 1.29 is 12.3 Å². The summed E-state index contributed by atoms with van der Waals surface area (Å²) in [6.07, 6.45) is 0. The Kier molecular flexibility index (Phi) is 5.09. The molecule has 0 bridgehead atoms. The van der Waals surface area contributed by atoms with E-state index >= 15 is 0 Å². The third-order valence-corrected chi connectivity index (χ3v) is 6.60. The Hall–Kier alpha value is -0.392. The first-order valence-corrected chi connectivity index (χ1v) is 7.77. The van der Waals surface area contributed by atoms with Crippen molar-refractivity contribution in [3.8, 4) is 18.0 Å². The van der Waals surface area contributed by atoms with Crippen LogP contribution in [0.4, 0.5) is 0 Å². The van der Waals surface area contributed by atoms with Crippen molar-refractivity contribution >= 4 is 36.4 Å². The predicted molar refractivity (Wildman–Crippen MR) is 47.0 cm³/mol. The molecule has 0 aromatic heterocycles. The first-order chi connectivity index (χ1) is 5.18. The largest absolute Gasteiger partial charge is 0.680 e. The second-order valence-corrected chi connectivity index (χ2v) is 6.40. The van der Waals surface area contributed by atoms with Gasteiger partial charge in [0.1, 0.15) is 0 Å². The molecule has 0 aromatic carbocycles. The smallest absolute Gasteiger partial charge is 0.499 e. The van der Waals surface area contributed by atoms with E-state index in [0.29, 0.717) is 0 Å². The van der Waals surface area contributed by atoms with Crippen molar-refractivity contribution in [3.63, 3.8) is 0 Å². The van der Waals surface area contributed by atoms with Gasteiger partial charge in [-0.15, -0.1) is 18.0 Å². The lowest BCUT2D eigenvalue weighted by atomic mass is 11.9. The molecule has 0 fully saturated rings. The van der Waals surface area contributed by atoms with Crippen molar-refractivity contribution in [2.45, 2.75) is 6.55 Å². The molecule has 3 nitrogen and oxygen atoms in total. The maximum absolute atomic E-state index is 5.18. The van der Waals surface area contributed by atoms with Gasteiger partial charge in [0.25, 0.3) is 0 Å². The zero-order valence-electron chi connectivity index (χ0n) is 5.96. The lowest BCUT2D eigenvalue weighted by Gasteiger charge is -2.18. The van der Waals surface area contributed by atoms with Crippen LogP contribution in [0.5, 0.6) is 0 Å². The zero-order chi connectivity index (χ0) is 8.74. The fraction of sp³-hybridized carbons (Fsp3) is 0.250. The Morgan fingerprint density at radius 2 is 1.18 bits per heavy atom. The molecule has 7 heteroatoms. The lowest BCUT2D eigenvalue weighted by molar-refractivity contribution is 0.304. The maximum atomic E-state index is 5.18. The van der Waals surface area contributed by atoms with E-state index in [2.05, 4.69) is 0 Å². The fourth-order valence-corrected chi connectivity index (χ4v) is 4.58. The van der Waals surface area contributed by atoms with Gasteiger partial charge >= 0.3 is 8.80 Å². The Balaban J connectivity index is 4.20. The van der Waals surface area contributed by atoms with Crippen molar-refractivity contribution in [1.82, 2.24) is 0 Å². The van der Waals surface area contributed by atoms with E-state index in [1.165, 1.54) is 0 Å². The van der Waals surface area contributed by atoms with E-state index < -0.39 is 8.80 Å². The van der Waals surface area contributed by atoms with Crippen LogP contribution < -0.4 is 0 Å². The summed E-state index contributed by atoms with van der Waals surface area (Å²) >= 11 is 0. The normalized spacial score (nSPS) is 8.18. The summed E-state index contributed by atoms with van der Waals surface area (Å²) in [5.74, 6) is 0. The van der Waals surface area contributed by atoms with Crippen LogP contribution in [-0.2, 0) is 12.3 Å². The minimum absolute atomic E-state index is 0.162. The van der Waals surface area contributed by atoms with Crippen molar-refractivity contribution in [1.29, 1.82) is 0 Å². The Labute approximate surface area is 73.7 Å². The highest BCUT2D eigenvalue weighted by molar-refractivity contribution is 6.69. The molecule has 0 aliphatic carbocycles. The molecule has 0 amide bonds. The van der Waals surface area contributed by atoms with Gasteiger partial charge in [0.05, 0.1) is 0 Å². The molecule has 0 aliphatic heterocycles. The predicted octanol–water partition coefficient (Wildman–Crippen LogP) is -0.770. The second kappa shape index (κ2) is 5.28. The van der Waals surface area contributed by atoms with E-state index in [0.717, 1.165) is 0 Å². The molecule has 0 aromatic rings. The zero-order valence-corrected chi connectivity index (χ0v) is 9.96. The first-order valence-electron chi connectivity index (χ1n) is 2.59. The monoisotopic (exact) mass is 214 g/mol. The second-order valence-electron chi connectivity index (χ2n) is 1.52. The first kappa shape index (κ1) is 10.6. The third kappa shape index (κ3) is 4.13. The SMILES string of the molecule is C#[Si]O[Si](C)(O[Si]#C)O[Si]#C. The standard InChI is InChI=1S/C4H6O3Si4/c1-8-5-11(4,6-9-2)7-10-3/h1-3H,4H3. The van der Waals surface area contributed by atoms with Gasteiger partial charge in [-0.05, 0) is 0 Å². The summed E-state index contributed by atoms with van der Waals surface area (Å²) in [4.78, 5) is 0. The van der Waals surface area contributed by atoms with Crippen LogP contribution in [0.1, 0.15) is 0 Å².